The maximum atomic E-state index is 13.4. The zero-order valence-corrected chi connectivity index (χ0v) is 19.6. The van der Waals surface area contributed by atoms with Crippen LogP contribution in [-0.2, 0) is 10.0 Å². The Morgan fingerprint density at radius 2 is 1.76 bits per heavy atom. The highest BCUT2D eigenvalue weighted by molar-refractivity contribution is 7.92. The van der Waals surface area contributed by atoms with Crippen LogP contribution in [0, 0.1) is 10.1 Å². The number of sulfonamides is 1. The van der Waals surface area contributed by atoms with Crippen LogP contribution in [0.1, 0.15) is 17.3 Å². The first-order chi connectivity index (χ1) is 16.2. The maximum absolute atomic E-state index is 13.4. The number of ether oxygens (including phenoxy) is 1. The van der Waals surface area contributed by atoms with Gasteiger partial charge in [-0.15, -0.1) is 0 Å². The van der Waals surface area contributed by atoms with Crippen molar-refractivity contribution in [3.8, 4) is 5.75 Å². The van der Waals surface area contributed by atoms with Gasteiger partial charge in [0.05, 0.1) is 33.9 Å². The molecule has 0 saturated heterocycles. The van der Waals surface area contributed by atoms with Crippen LogP contribution in [0.5, 0.6) is 5.75 Å². The van der Waals surface area contributed by atoms with Gasteiger partial charge in [-0.3, -0.25) is 19.2 Å². The Kier molecular flexibility index (Phi) is 7.37. The highest BCUT2D eigenvalue weighted by Crippen LogP contribution is 2.32. The van der Waals surface area contributed by atoms with Gasteiger partial charge in [0.25, 0.3) is 21.6 Å². The molecule has 11 heteroatoms. The van der Waals surface area contributed by atoms with E-state index in [9.17, 15) is 23.3 Å². The molecule has 3 aromatic rings. The molecule has 3 rings (SSSR count). The number of carbonyl (C=O) groups is 1. The quantitative estimate of drug-likeness (QED) is 0.345. The SMILES string of the molecule is CCN(c1ccccc1)S(=O)(=O)c1ccc(OC)c(NC(=O)c2cc([N+](=O)[O-])ccc2NC)c1. The fourth-order valence-corrected chi connectivity index (χ4v) is 4.90. The summed E-state index contributed by atoms with van der Waals surface area (Å²) in [5.41, 5.74) is 0.736. The van der Waals surface area contributed by atoms with Crippen LogP contribution in [0.25, 0.3) is 0 Å². The fraction of sp³-hybridized carbons (Fsp3) is 0.174. The number of nitrogens with zero attached hydrogens (tertiary/aromatic N) is 2. The number of amides is 1. The van der Waals surface area contributed by atoms with E-state index in [4.69, 9.17) is 4.74 Å². The van der Waals surface area contributed by atoms with Gasteiger partial charge in [-0.2, -0.15) is 0 Å². The van der Waals surface area contributed by atoms with E-state index in [1.807, 2.05) is 0 Å². The maximum Gasteiger partial charge on any atom is 0.270 e. The lowest BCUT2D eigenvalue weighted by atomic mass is 10.1. The predicted molar refractivity (Wildman–Crippen MR) is 130 cm³/mol. The average molecular weight is 485 g/mol. The molecule has 0 spiro atoms. The third kappa shape index (κ3) is 4.94. The van der Waals surface area contributed by atoms with Crippen LogP contribution in [0.15, 0.2) is 71.6 Å². The minimum Gasteiger partial charge on any atom is -0.495 e. The van der Waals surface area contributed by atoms with Crippen LogP contribution in [0.2, 0.25) is 0 Å². The number of hydrogen-bond donors (Lipinski definition) is 2. The van der Waals surface area contributed by atoms with E-state index < -0.39 is 20.9 Å². The number of methoxy groups -OCH3 is 1. The van der Waals surface area contributed by atoms with Crippen molar-refractivity contribution in [2.45, 2.75) is 11.8 Å². The van der Waals surface area contributed by atoms with Crippen LogP contribution in [0.4, 0.5) is 22.7 Å². The minimum atomic E-state index is -3.96. The van der Waals surface area contributed by atoms with Gasteiger partial charge in [0.15, 0.2) is 0 Å². The highest BCUT2D eigenvalue weighted by Gasteiger charge is 2.25. The number of para-hydroxylation sites is 1. The van der Waals surface area contributed by atoms with Gasteiger partial charge < -0.3 is 15.4 Å². The lowest BCUT2D eigenvalue weighted by Gasteiger charge is -2.23. The second-order valence-corrected chi connectivity index (χ2v) is 8.92. The summed E-state index contributed by atoms with van der Waals surface area (Å²) in [4.78, 5) is 23.5. The molecule has 0 bridgehead atoms. The zero-order valence-electron chi connectivity index (χ0n) is 18.8. The monoisotopic (exact) mass is 484 g/mol. The van der Waals surface area contributed by atoms with Crippen LogP contribution >= 0.6 is 0 Å². The van der Waals surface area contributed by atoms with Gasteiger partial charge >= 0.3 is 0 Å². The Morgan fingerprint density at radius 1 is 1.06 bits per heavy atom. The van der Waals surface area contributed by atoms with Crippen molar-refractivity contribution >= 4 is 38.7 Å². The molecule has 0 unspecified atom stereocenters. The summed E-state index contributed by atoms with van der Waals surface area (Å²) < 4.78 is 33.3. The van der Waals surface area contributed by atoms with E-state index in [0.717, 1.165) is 6.07 Å². The summed E-state index contributed by atoms with van der Waals surface area (Å²) in [5.74, 6) is -0.442. The third-order valence-electron chi connectivity index (χ3n) is 5.07. The molecule has 0 aliphatic carbocycles. The molecular weight excluding hydrogens is 460 g/mol. The van der Waals surface area contributed by atoms with Crippen molar-refractivity contribution in [3.63, 3.8) is 0 Å². The minimum absolute atomic E-state index is 0.0199. The van der Waals surface area contributed by atoms with E-state index >= 15 is 0 Å². The number of benzene rings is 3. The molecule has 0 atom stereocenters. The highest BCUT2D eigenvalue weighted by atomic mass is 32.2. The smallest absolute Gasteiger partial charge is 0.270 e. The van der Waals surface area contributed by atoms with Crippen molar-refractivity contribution in [3.05, 3.63) is 82.4 Å². The fourth-order valence-electron chi connectivity index (χ4n) is 3.40. The molecule has 10 nitrogen and oxygen atoms in total. The van der Waals surface area contributed by atoms with Crippen molar-refractivity contribution in [2.24, 2.45) is 0 Å². The topological polar surface area (TPSA) is 131 Å². The number of nitrogens with one attached hydrogen (secondary N) is 2. The van der Waals surface area contributed by atoms with Crippen LogP contribution < -0.4 is 19.7 Å². The second kappa shape index (κ2) is 10.2. The number of nitro groups is 1. The van der Waals surface area contributed by atoms with E-state index in [2.05, 4.69) is 10.6 Å². The first-order valence-corrected chi connectivity index (χ1v) is 11.7. The molecule has 0 heterocycles. The summed E-state index contributed by atoms with van der Waals surface area (Å²) in [6.07, 6.45) is 0. The number of nitro benzene ring substituents is 1. The molecular formula is C23H24N4O6S. The standard InChI is InChI=1S/C23H24N4O6S/c1-4-26(16-8-6-5-7-9-16)34(31,32)18-11-13-22(33-3)21(15-18)25-23(28)19-14-17(27(29)30)10-12-20(19)24-2/h5-15,24H,4H2,1-3H3,(H,25,28). The van der Waals surface area contributed by atoms with Gasteiger partial charge in [0.2, 0.25) is 0 Å². The van der Waals surface area contributed by atoms with Gasteiger partial charge in [-0.25, -0.2) is 8.42 Å². The molecule has 0 aliphatic heterocycles. The summed E-state index contributed by atoms with van der Waals surface area (Å²) >= 11 is 0. The zero-order chi connectivity index (χ0) is 24.9. The normalized spacial score (nSPS) is 10.9. The molecule has 2 N–H and O–H groups in total. The molecule has 0 saturated carbocycles. The van der Waals surface area contributed by atoms with Crippen molar-refractivity contribution < 1.29 is 22.9 Å². The van der Waals surface area contributed by atoms with Gasteiger partial charge in [-0.05, 0) is 43.3 Å². The molecule has 0 radical (unpaired) electrons. The Balaban J connectivity index is 2.02. The predicted octanol–water partition coefficient (Wildman–Crippen LogP) is 4.11. The van der Waals surface area contributed by atoms with Crippen molar-refractivity contribution in [1.29, 1.82) is 0 Å². The number of anilines is 3. The van der Waals surface area contributed by atoms with Crippen LogP contribution in [-0.4, -0.2) is 40.0 Å². The molecule has 0 aromatic heterocycles. The third-order valence-corrected chi connectivity index (χ3v) is 6.97. The number of non-ortho nitro benzene ring substituents is 1. The Hall–Kier alpha value is -4.12. The molecule has 1 amide bonds. The van der Waals surface area contributed by atoms with E-state index in [-0.39, 0.29) is 34.1 Å². The van der Waals surface area contributed by atoms with Gasteiger partial charge in [0, 0.05) is 31.4 Å². The molecule has 0 fully saturated rings. The van der Waals surface area contributed by atoms with Crippen LogP contribution in [0.3, 0.4) is 0 Å². The molecule has 3 aromatic carbocycles. The summed E-state index contributed by atoms with van der Waals surface area (Å²) in [7, 11) is -0.997. The average Bonchev–Trinajstić information content (AvgIpc) is 2.84. The number of rotatable bonds is 9. The number of carbonyl (C=O) groups excluding carboxylic acids is 1. The van der Waals surface area contributed by atoms with Crippen molar-refractivity contribution in [2.75, 3.05) is 35.6 Å². The van der Waals surface area contributed by atoms with Crippen molar-refractivity contribution in [1.82, 2.24) is 0 Å². The van der Waals surface area contributed by atoms with E-state index in [1.165, 1.54) is 41.7 Å². The van der Waals surface area contributed by atoms with Gasteiger partial charge in [0.1, 0.15) is 5.75 Å². The van der Waals surface area contributed by atoms with E-state index in [1.54, 1.807) is 44.3 Å². The summed E-state index contributed by atoms with van der Waals surface area (Å²) in [6, 6.07) is 16.6. The Labute approximate surface area is 197 Å². The summed E-state index contributed by atoms with van der Waals surface area (Å²) in [5, 5.41) is 16.6. The van der Waals surface area contributed by atoms with E-state index in [0.29, 0.717) is 11.4 Å². The first-order valence-electron chi connectivity index (χ1n) is 10.3. The Bertz CT molecular complexity index is 1310. The number of hydrogen-bond acceptors (Lipinski definition) is 7. The summed E-state index contributed by atoms with van der Waals surface area (Å²) in [6.45, 7) is 1.91. The molecule has 0 aliphatic rings. The lowest BCUT2D eigenvalue weighted by molar-refractivity contribution is -0.384. The largest absolute Gasteiger partial charge is 0.495 e. The molecule has 34 heavy (non-hydrogen) atoms. The molecule has 178 valence electrons. The lowest BCUT2D eigenvalue weighted by Crippen LogP contribution is -2.30. The van der Waals surface area contributed by atoms with Gasteiger partial charge in [-0.1, -0.05) is 18.2 Å². The Morgan fingerprint density at radius 3 is 2.35 bits per heavy atom. The second-order valence-electron chi connectivity index (χ2n) is 7.06. The first kappa shape index (κ1) is 24.5.